The van der Waals surface area contributed by atoms with Gasteiger partial charge in [0, 0.05) is 38.6 Å². The molecule has 2 rings (SSSR count). The summed E-state index contributed by atoms with van der Waals surface area (Å²) in [4.78, 5) is 16.5. The van der Waals surface area contributed by atoms with E-state index in [1.165, 1.54) is 22.3 Å². The Balaban J connectivity index is 1.97. The first-order valence-corrected chi connectivity index (χ1v) is 7.96. The van der Waals surface area contributed by atoms with Crippen molar-refractivity contribution in [2.24, 2.45) is 5.92 Å². The Morgan fingerprint density at radius 1 is 1.05 bits per heavy atom. The molecule has 1 saturated heterocycles. The van der Waals surface area contributed by atoms with Gasteiger partial charge in [-0.2, -0.15) is 0 Å². The Bertz CT molecular complexity index is 491. The molecule has 1 amide bonds. The van der Waals surface area contributed by atoms with E-state index in [0.717, 1.165) is 32.7 Å². The maximum absolute atomic E-state index is 12.0. The van der Waals surface area contributed by atoms with E-state index in [-0.39, 0.29) is 11.8 Å². The third-order valence-electron chi connectivity index (χ3n) is 4.40. The third kappa shape index (κ3) is 3.85. The molecule has 0 bridgehead atoms. The van der Waals surface area contributed by atoms with E-state index in [1.54, 1.807) is 0 Å². The molecule has 1 aliphatic heterocycles. The van der Waals surface area contributed by atoms with Gasteiger partial charge in [-0.15, -0.1) is 0 Å². The van der Waals surface area contributed by atoms with Crippen LogP contribution in [0, 0.1) is 26.7 Å². The minimum Gasteiger partial charge on any atom is -0.340 e. The van der Waals surface area contributed by atoms with Crippen LogP contribution in [0.4, 0.5) is 0 Å². The van der Waals surface area contributed by atoms with E-state index < -0.39 is 0 Å². The number of amides is 1. The molecule has 0 atom stereocenters. The number of carbonyl (C=O) groups is 1. The van der Waals surface area contributed by atoms with E-state index in [0.29, 0.717) is 0 Å². The largest absolute Gasteiger partial charge is 0.340 e. The van der Waals surface area contributed by atoms with Crippen LogP contribution in [-0.2, 0) is 11.3 Å². The SMILES string of the molecule is Cc1cc(C)c(CN2CCN(C(=O)C(C)C)CC2)c(C)c1. The molecule has 1 aromatic carbocycles. The van der Waals surface area contributed by atoms with E-state index in [4.69, 9.17) is 0 Å². The van der Waals surface area contributed by atoms with Crippen LogP contribution in [-0.4, -0.2) is 41.9 Å². The van der Waals surface area contributed by atoms with Gasteiger partial charge >= 0.3 is 0 Å². The van der Waals surface area contributed by atoms with Gasteiger partial charge in [-0.3, -0.25) is 9.69 Å². The lowest BCUT2D eigenvalue weighted by Gasteiger charge is -2.36. The Morgan fingerprint density at radius 3 is 2.05 bits per heavy atom. The summed E-state index contributed by atoms with van der Waals surface area (Å²) in [6, 6.07) is 4.53. The second-order valence-electron chi connectivity index (χ2n) is 6.63. The fourth-order valence-corrected chi connectivity index (χ4v) is 3.17. The first kappa shape index (κ1) is 16.0. The Morgan fingerprint density at radius 2 is 1.57 bits per heavy atom. The van der Waals surface area contributed by atoms with Crippen molar-refractivity contribution in [1.82, 2.24) is 9.80 Å². The minimum absolute atomic E-state index is 0.109. The number of carbonyl (C=O) groups excluding carboxylic acids is 1. The molecular formula is C18H28N2O. The highest BCUT2D eigenvalue weighted by Crippen LogP contribution is 2.19. The zero-order valence-corrected chi connectivity index (χ0v) is 14.1. The van der Waals surface area contributed by atoms with Gasteiger partial charge in [0.25, 0.3) is 0 Å². The first-order valence-electron chi connectivity index (χ1n) is 7.96. The molecule has 0 radical (unpaired) electrons. The van der Waals surface area contributed by atoms with Gasteiger partial charge in [0.1, 0.15) is 0 Å². The molecule has 21 heavy (non-hydrogen) atoms. The van der Waals surface area contributed by atoms with Crippen LogP contribution in [0.5, 0.6) is 0 Å². The molecule has 0 aliphatic carbocycles. The lowest BCUT2D eigenvalue weighted by Crippen LogP contribution is -2.49. The third-order valence-corrected chi connectivity index (χ3v) is 4.40. The van der Waals surface area contributed by atoms with Crippen molar-refractivity contribution >= 4 is 5.91 Å². The van der Waals surface area contributed by atoms with Crippen molar-refractivity contribution in [1.29, 1.82) is 0 Å². The normalized spacial score (nSPS) is 16.6. The van der Waals surface area contributed by atoms with E-state index in [1.807, 2.05) is 18.7 Å². The van der Waals surface area contributed by atoms with Crippen LogP contribution in [0.1, 0.15) is 36.1 Å². The second-order valence-corrected chi connectivity index (χ2v) is 6.63. The standard InChI is InChI=1S/C18H28N2O/c1-13(2)18(21)20-8-6-19(7-9-20)12-17-15(4)10-14(3)11-16(17)5/h10-11,13H,6-9,12H2,1-5H3. The molecule has 1 aromatic rings. The second kappa shape index (κ2) is 6.61. The fraction of sp³-hybridized carbons (Fsp3) is 0.611. The molecule has 3 nitrogen and oxygen atoms in total. The monoisotopic (exact) mass is 288 g/mol. The summed E-state index contributed by atoms with van der Waals surface area (Å²) in [5.74, 6) is 0.399. The first-order chi connectivity index (χ1) is 9.88. The molecular weight excluding hydrogens is 260 g/mol. The van der Waals surface area contributed by atoms with Crippen LogP contribution in [0.15, 0.2) is 12.1 Å². The maximum Gasteiger partial charge on any atom is 0.225 e. The Kier molecular flexibility index (Phi) is 5.04. The molecule has 1 fully saturated rings. The lowest BCUT2D eigenvalue weighted by atomic mass is 9.99. The van der Waals surface area contributed by atoms with Crippen LogP contribution in [0.2, 0.25) is 0 Å². The Hall–Kier alpha value is -1.35. The smallest absolute Gasteiger partial charge is 0.225 e. The average Bonchev–Trinajstić information content (AvgIpc) is 2.42. The van der Waals surface area contributed by atoms with Crippen molar-refractivity contribution in [2.45, 2.75) is 41.2 Å². The van der Waals surface area contributed by atoms with E-state index >= 15 is 0 Å². The summed E-state index contributed by atoms with van der Waals surface area (Å²) in [6.45, 7) is 15.2. The molecule has 0 unspecified atom stereocenters. The highest BCUT2D eigenvalue weighted by Gasteiger charge is 2.23. The number of benzene rings is 1. The van der Waals surface area contributed by atoms with Crippen LogP contribution in [0.25, 0.3) is 0 Å². The summed E-state index contributed by atoms with van der Waals surface area (Å²) in [5, 5.41) is 0. The minimum atomic E-state index is 0.109. The van der Waals surface area contributed by atoms with Crippen molar-refractivity contribution in [3.8, 4) is 0 Å². The molecule has 0 saturated carbocycles. The van der Waals surface area contributed by atoms with E-state index in [2.05, 4.69) is 37.8 Å². The molecule has 1 heterocycles. The van der Waals surface area contributed by atoms with Crippen molar-refractivity contribution in [3.63, 3.8) is 0 Å². The van der Waals surface area contributed by atoms with Gasteiger partial charge in [-0.1, -0.05) is 31.5 Å². The number of hydrogen-bond donors (Lipinski definition) is 0. The van der Waals surface area contributed by atoms with Crippen molar-refractivity contribution in [3.05, 3.63) is 34.4 Å². The maximum atomic E-state index is 12.0. The van der Waals surface area contributed by atoms with Crippen LogP contribution < -0.4 is 0 Å². The molecule has 0 aromatic heterocycles. The highest BCUT2D eigenvalue weighted by molar-refractivity contribution is 5.78. The van der Waals surface area contributed by atoms with Gasteiger partial charge in [-0.25, -0.2) is 0 Å². The molecule has 1 aliphatic rings. The number of aryl methyl sites for hydroxylation is 3. The summed E-state index contributed by atoms with van der Waals surface area (Å²) in [7, 11) is 0. The predicted molar refractivity (Wildman–Crippen MR) is 87.3 cm³/mol. The van der Waals surface area contributed by atoms with Gasteiger partial charge in [-0.05, 0) is 37.5 Å². The van der Waals surface area contributed by atoms with Gasteiger partial charge in [0.15, 0.2) is 0 Å². The lowest BCUT2D eigenvalue weighted by molar-refractivity contribution is -0.136. The predicted octanol–water partition coefficient (Wildman–Crippen LogP) is 2.91. The topological polar surface area (TPSA) is 23.6 Å². The van der Waals surface area contributed by atoms with E-state index in [9.17, 15) is 4.79 Å². The Labute approximate surface area is 128 Å². The van der Waals surface area contributed by atoms with Crippen molar-refractivity contribution in [2.75, 3.05) is 26.2 Å². The van der Waals surface area contributed by atoms with Gasteiger partial charge in [0.05, 0.1) is 0 Å². The molecule has 0 spiro atoms. The van der Waals surface area contributed by atoms with Crippen molar-refractivity contribution < 1.29 is 4.79 Å². The fourth-order valence-electron chi connectivity index (χ4n) is 3.17. The zero-order chi connectivity index (χ0) is 15.6. The van der Waals surface area contributed by atoms with Gasteiger partial charge < -0.3 is 4.90 Å². The zero-order valence-electron chi connectivity index (χ0n) is 14.1. The summed E-state index contributed by atoms with van der Waals surface area (Å²) >= 11 is 0. The van der Waals surface area contributed by atoms with Crippen LogP contribution >= 0.6 is 0 Å². The number of hydrogen-bond acceptors (Lipinski definition) is 2. The van der Waals surface area contributed by atoms with Crippen LogP contribution in [0.3, 0.4) is 0 Å². The number of piperazine rings is 1. The summed E-state index contributed by atoms with van der Waals surface area (Å²) in [6.07, 6.45) is 0. The molecule has 116 valence electrons. The highest BCUT2D eigenvalue weighted by atomic mass is 16.2. The quantitative estimate of drug-likeness (QED) is 0.854. The number of nitrogens with zero attached hydrogens (tertiary/aromatic N) is 2. The molecule has 0 N–H and O–H groups in total. The number of rotatable bonds is 3. The molecule has 3 heteroatoms. The summed E-state index contributed by atoms with van der Waals surface area (Å²) < 4.78 is 0. The summed E-state index contributed by atoms with van der Waals surface area (Å²) in [5.41, 5.74) is 5.55. The average molecular weight is 288 g/mol. The van der Waals surface area contributed by atoms with Gasteiger partial charge in [0.2, 0.25) is 5.91 Å².